The molecule has 0 aromatic rings. The zero-order valence-corrected chi connectivity index (χ0v) is 12.6. The Hall–Kier alpha value is -0.660. The van der Waals surface area contributed by atoms with Crippen molar-refractivity contribution in [2.45, 2.75) is 55.9 Å². The predicted octanol–water partition coefficient (Wildman–Crippen LogP) is 0.238. The number of hydrogen-bond acceptors (Lipinski definition) is 4. The van der Waals surface area contributed by atoms with Crippen LogP contribution in [0.4, 0.5) is 0 Å². The SMILES string of the molecule is CC(=O)N1CC[C@]2(C[C@@H](NS(=O)(=O)C3CC3)CCO2)C1. The summed E-state index contributed by atoms with van der Waals surface area (Å²) in [6.45, 7) is 3.42. The molecule has 2 aliphatic heterocycles. The first-order chi connectivity index (χ1) is 9.40. The highest BCUT2D eigenvalue weighted by atomic mass is 32.2. The second-order valence-electron chi connectivity index (χ2n) is 6.27. The summed E-state index contributed by atoms with van der Waals surface area (Å²) < 4.78 is 32.8. The van der Waals surface area contributed by atoms with Crippen LogP contribution in [0.3, 0.4) is 0 Å². The minimum absolute atomic E-state index is 0.0544. The van der Waals surface area contributed by atoms with Crippen molar-refractivity contribution in [3.63, 3.8) is 0 Å². The van der Waals surface area contributed by atoms with E-state index in [0.29, 0.717) is 32.5 Å². The molecule has 3 rings (SSSR count). The summed E-state index contributed by atoms with van der Waals surface area (Å²) in [6.07, 6.45) is 3.74. The van der Waals surface area contributed by atoms with Crippen molar-refractivity contribution in [2.24, 2.45) is 0 Å². The smallest absolute Gasteiger partial charge is 0.219 e. The van der Waals surface area contributed by atoms with E-state index in [1.165, 1.54) is 0 Å². The number of carbonyl (C=O) groups is 1. The van der Waals surface area contributed by atoms with Crippen molar-refractivity contribution < 1.29 is 17.9 Å². The maximum absolute atomic E-state index is 12.0. The Morgan fingerprint density at radius 1 is 1.35 bits per heavy atom. The fourth-order valence-corrected chi connectivity index (χ4v) is 4.85. The molecule has 1 saturated carbocycles. The fraction of sp³-hybridized carbons (Fsp3) is 0.923. The Morgan fingerprint density at radius 3 is 2.70 bits per heavy atom. The molecule has 2 saturated heterocycles. The van der Waals surface area contributed by atoms with E-state index in [2.05, 4.69) is 4.72 Å². The molecule has 3 aliphatic rings. The summed E-state index contributed by atoms with van der Waals surface area (Å²) in [5.41, 5.74) is -0.347. The third-order valence-electron chi connectivity index (χ3n) is 4.55. The number of sulfonamides is 1. The lowest BCUT2D eigenvalue weighted by Crippen LogP contribution is -2.50. The lowest BCUT2D eigenvalue weighted by Gasteiger charge is -2.38. The molecule has 20 heavy (non-hydrogen) atoms. The molecule has 1 amide bonds. The van der Waals surface area contributed by atoms with Gasteiger partial charge in [0.1, 0.15) is 0 Å². The average Bonchev–Trinajstić information content (AvgIpc) is 3.14. The summed E-state index contributed by atoms with van der Waals surface area (Å²) in [4.78, 5) is 13.2. The lowest BCUT2D eigenvalue weighted by molar-refractivity contribution is -0.130. The van der Waals surface area contributed by atoms with Crippen molar-refractivity contribution in [3.05, 3.63) is 0 Å². The van der Waals surface area contributed by atoms with Gasteiger partial charge in [-0.05, 0) is 32.1 Å². The number of carbonyl (C=O) groups excluding carboxylic acids is 1. The van der Waals surface area contributed by atoms with Gasteiger partial charge in [0.05, 0.1) is 10.9 Å². The second kappa shape index (κ2) is 4.96. The maximum Gasteiger partial charge on any atom is 0.219 e. The highest BCUT2D eigenvalue weighted by Crippen LogP contribution is 2.35. The van der Waals surface area contributed by atoms with Crippen LogP contribution < -0.4 is 4.72 Å². The summed E-state index contributed by atoms with van der Waals surface area (Å²) in [5, 5.41) is -0.182. The molecule has 0 unspecified atom stereocenters. The van der Waals surface area contributed by atoms with Gasteiger partial charge in [0.25, 0.3) is 0 Å². The molecule has 6 nitrogen and oxygen atoms in total. The Bertz CT molecular complexity index is 503. The minimum Gasteiger partial charge on any atom is -0.373 e. The third kappa shape index (κ3) is 2.84. The number of hydrogen-bond donors (Lipinski definition) is 1. The lowest BCUT2D eigenvalue weighted by atomic mass is 9.90. The Kier molecular flexibility index (Phi) is 3.54. The Labute approximate surface area is 119 Å². The van der Waals surface area contributed by atoms with Gasteiger partial charge in [-0.25, -0.2) is 13.1 Å². The van der Waals surface area contributed by atoms with Crippen molar-refractivity contribution in [1.29, 1.82) is 0 Å². The van der Waals surface area contributed by atoms with Gasteiger partial charge in [-0.3, -0.25) is 4.79 Å². The molecule has 114 valence electrons. The fourth-order valence-electron chi connectivity index (χ4n) is 3.23. The number of nitrogens with zero attached hydrogens (tertiary/aromatic N) is 1. The molecule has 0 bridgehead atoms. The molecule has 2 atom stereocenters. The van der Waals surface area contributed by atoms with Crippen LogP contribution in [-0.4, -0.2) is 55.8 Å². The van der Waals surface area contributed by atoms with Crippen LogP contribution in [0.25, 0.3) is 0 Å². The first kappa shape index (κ1) is 14.3. The van der Waals surface area contributed by atoms with Crippen LogP contribution in [-0.2, 0) is 19.6 Å². The van der Waals surface area contributed by atoms with E-state index in [9.17, 15) is 13.2 Å². The van der Waals surface area contributed by atoms with E-state index in [4.69, 9.17) is 4.74 Å². The van der Waals surface area contributed by atoms with Crippen LogP contribution in [0.2, 0.25) is 0 Å². The zero-order chi connectivity index (χ0) is 14.4. The molecule has 2 heterocycles. The minimum atomic E-state index is -3.15. The summed E-state index contributed by atoms with van der Waals surface area (Å²) >= 11 is 0. The molecule has 1 N–H and O–H groups in total. The van der Waals surface area contributed by atoms with E-state index in [1.54, 1.807) is 11.8 Å². The van der Waals surface area contributed by atoms with Gasteiger partial charge in [0.15, 0.2) is 0 Å². The van der Waals surface area contributed by atoms with Gasteiger partial charge in [0, 0.05) is 32.7 Å². The quantitative estimate of drug-likeness (QED) is 0.810. The zero-order valence-electron chi connectivity index (χ0n) is 11.8. The Balaban J connectivity index is 1.63. The standard InChI is InChI=1S/C13H22N2O4S/c1-10(16)15-6-5-13(9-15)8-11(4-7-19-13)14-20(17,18)12-2-3-12/h11-12,14H,2-9H2,1H3/t11-,13-/m0/s1. The highest BCUT2D eigenvalue weighted by Gasteiger charge is 2.46. The van der Waals surface area contributed by atoms with Crippen LogP contribution in [0.1, 0.15) is 39.0 Å². The average molecular weight is 302 g/mol. The first-order valence-corrected chi connectivity index (χ1v) is 8.85. The molecule has 0 aromatic carbocycles. The van der Waals surface area contributed by atoms with E-state index in [1.807, 2.05) is 0 Å². The summed E-state index contributed by atoms with van der Waals surface area (Å²) in [7, 11) is -3.15. The Morgan fingerprint density at radius 2 is 2.10 bits per heavy atom. The van der Waals surface area contributed by atoms with Gasteiger partial charge in [0.2, 0.25) is 15.9 Å². The van der Waals surface area contributed by atoms with Crippen molar-refractivity contribution in [3.8, 4) is 0 Å². The molecular weight excluding hydrogens is 280 g/mol. The third-order valence-corrected chi connectivity index (χ3v) is 6.56. The number of likely N-dealkylation sites (tertiary alicyclic amines) is 1. The number of ether oxygens (including phenoxy) is 1. The first-order valence-electron chi connectivity index (χ1n) is 7.31. The molecule has 0 aromatic heterocycles. The van der Waals surface area contributed by atoms with E-state index in [-0.39, 0.29) is 22.8 Å². The summed E-state index contributed by atoms with van der Waals surface area (Å²) in [5.74, 6) is 0.0613. The normalized spacial score (nSPS) is 34.6. The molecular formula is C13H22N2O4S. The van der Waals surface area contributed by atoms with Crippen LogP contribution >= 0.6 is 0 Å². The molecule has 0 radical (unpaired) electrons. The monoisotopic (exact) mass is 302 g/mol. The molecule has 3 fully saturated rings. The largest absolute Gasteiger partial charge is 0.373 e. The van der Waals surface area contributed by atoms with Crippen molar-refractivity contribution >= 4 is 15.9 Å². The van der Waals surface area contributed by atoms with Gasteiger partial charge in [-0.15, -0.1) is 0 Å². The van der Waals surface area contributed by atoms with Gasteiger partial charge in [-0.2, -0.15) is 0 Å². The molecule has 1 spiro atoms. The van der Waals surface area contributed by atoms with Gasteiger partial charge < -0.3 is 9.64 Å². The van der Waals surface area contributed by atoms with E-state index < -0.39 is 10.0 Å². The molecule has 1 aliphatic carbocycles. The topological polar surface area (TPSA) is 75.7 Å². The van der Waals surface area contributed by atoms with Crippen LogP contribution in [0, 0.1) is 0 Å². The summed E-state index contributed by atoms with van der Waals surface area (Å²) in [6, 6.07) is -0.0544. The van der Waals surface area contributed by atoms with Crippen LogP contribution in [0.15, 0.2) is 0 Å². The van der Waals surface area contributed by atoms with E-state index >= 15 is 0 Å². The number of rotatable bonds is 3. The second-order valence-corrected chi connectivity index (χ2v) is 8.27. The van der Waals surface area contributed by atoms with E-state index in [0.717, 1.165) is 19.3 Å². The molecule has 7 heteroatoms. The number of amides is 1. The van der Waals surface area contributed by atoms with Crippen molar-refractivity contribution in [1.82, 2.24) is 9.62 Å². The van der Waals surface area contributed by atoms with Crippen LogP contribution in [0.5, 0.6) is 0 Å². The van der Waals surface area contributed by atoms with Gasteiger partial charge in [-0.1, -0.05) is 0 Å². The van der Waals surface area contributed by atoms with Crippen molar-refractivity contribution in [2.75, 3.05) is 19.7 Å². The maximum atomic E-state index is 12.0. The highest BCUT2D eigenvalue weighted by molar-refractivity contribution is 7.90. The predicted molar refractivity (Wildman–Crippen MR) is 73.7 cm³/mol. The van der Waals surface area contributed by atoms with Gasteiger partial charge >= 0.3 is 0 Å². The number of nitrogens with one attached hydrogen (secondary N) is 1.